The Balaban J connectivity index is 1.83. The molecule has 1 saturated carbocycles. The molecule has 0 aromatic heterocycles. The number of Topliss-reactive ketones (excluding diaryl/α,β-unsaturated/α-hetero) is 1. The van der Waals surface area contributed by atoms with E-state index in [1.54, 1.807) is 7.11 Å². The van der Waals surface area contributed by atoms with Gasteiger partial charge in [0.1, 0.15) is 17.6 Å². The molecule has 0 spiro atoms. The van der Waals surface area contributed by atoms with Crippen molar-refractivity contribution >= 4 is 5.78 Å². The highest BCUT2D eigenvalue weighted by Gasteiger charge is 2.33. The van der Waals surface area contributed by atoms with Crippen LogP contribution >= 0.6 is 0 Å². The van der Waals surface area contributed by atoms with Gasteiger partial charge in [0, 0.05) is 12.5 Å². The smallest absolute Gasteiger partial charge is 0.170 e. The van der Waals surface area contributed by atoms with Crippen molar-refractivity contribution in [3.05, 3.63) is 23.8 Å². The number of benzene rings is 1. The largest absolute Gasteiger partial charge is 0.497 e. The number of methoxy groups -OCH3 is 1. The van der Waals surface area contributed by atoms with Crippen LogP contribution in [0.2, 0.25) is 0 Å². The highest BCUT2D eigenvalue weighted by atomic mass is 16.5. The molecule has 3 heteroatoms. The van der Waals surface area contributed by atoms with Gasteiger partial charge in [-0.3, -0.25) is 4.79 Å². The van der Waals surface area contributed by atoms with E-state index in [9.17, 15) is 4.79 Å². The first-order valence-electron chi connectivity index (χ1n) is 7.16. The molecule has 2 aliphatic rings. The Bertz CT molecular complexity index is 475. The maximum absolute atomic E-state index is 12.2. The molecule has 0 bridgehead atoms. The summed E-state index contributed by atoms with van der Waals surface area (Å²) in [5, 5.41) is 0. The molecule has 0 radical (unpaired) electrons. The van der Waals surface area contributed by atoms with Gasteiger partial charge in [0.25, 0.3) is 0 Å². The number of hydrogen-bond acceptors (Lipinski definition) is 3. The van der Waals surface area contributed by atoms with Gasteiger partial charge < -0.3 is 9.47 Å². The number of carbonyl (C=O) groups excluding carboxylic acids is 1. The van der Waals surface area contributed by atoms with Gasteiger partial charge in [-0.15, -0.1) is 0 Å². The topological polar surface area (TPSA) is 35.5 Å². The van der Waals surface area contributed by atoms with Crippen LogP contribution in [-0.2, 0) is 0 Å². The van der Waals surface area contributed by atoms with Crippen molar-refractivity contribution in [3.63, 3.8) is 0 Å². The molecule has 0 amide bonds. The fraction of sp³-hybridized carbons (Fsp3) is 0.562. The second-order valence-corrected chi connectivity index (χ2v) is 5.54. The number of hydrogen-bond donors (Lipinski definition) is 0. The van der Waals surface area contributed by atoms with Gasteiger partial charge in [-0.1, -0.05) is 19.3 Å². The molecule has 1 atom stereocenters. The summed E-state index contributed by atoms with van der Waals surface area (Å²) in [5.74, 6) is 2.19. The maximum Gasteiger partial charge on any atom is 0.170 e. The Morgan fingerprint density at radius 1 is 1.21 bits per heavy atom. The van der Waals surface area contributed by atoms with E-state index in [0.29, 0.717) is 23.7 Å². The monoisotopic (exact) mass is 260 g/mol. The van der Waals surface area contributed by atoms with E-state index in [0.717, 1.165) is 5.75 Å². The molecule has 1 aromatic carbocycles. The molecule has 1 fully saturated rings. The third-order valence-corrected chi connectivity index (χ3v) is 4.33. The van der Waals surface area contributed by atoms with Crippen LogP contribution in [0, 0.1) is 5.92 Å². The first-order chi connectivity index (χ1) is 9.28. The van der Waals surface area contributed by atoms with E-state index in [2.05, 4.69) is 0 Å². The van der Waals surface area contributed by atoms with E-state index in [4.69, 9.17) is 9.47 Å². The van der Waals surface area contributed by atoms with Crippen molar-refractivity contribution in [1.29, 1.82) is 0 Å². The number of rotatable bonds is 2. The van der Waals surface area contributed by atoms with Gasteiger partial charge in [-0.25, -0.2) is 0 Å². The van der Waals surface area contributed by atoms with Gasteiger partial charge in [0.2, 0.25) is 0 Å². The van der Waals surface area contributed by atoms with Crippen LogP contribution in [0.15, 0.2) is 18.2 Å². The first kappa shape index (κ1) is 12.5. The summed E-state index contributed by atoms with van der Waals surface area (Å²) in [7, 11) is 1.63. The lowest BCUT2D eigenvalue weighted by Gasteiger charge is -2.33. The summed E-state index contributed by atoms with van der Waals surface area (Å²) in [6, 6.07) is 5.47. The Kier molecular flexibility index (Phi) is 3.45. The number of fused-ring (bicyclic) bond motifs is 1. The quantitative estimate of drug-likeness (QED) is 0.815. The summed E-state index contributed by atoms with van der Waals surface area (Å²) >= 11 is 0. The lowest BCUT2D eigenvalue weighted by atomic mass is 9.82. The Labute approximate surface area is 113 Å². The molecule has 3 rings (SSSR count). The summed E-state index contributed by atoms with van der Waals surface area (Å²) in [4.78, 5) is 12.2. The molecule has 1 aromatic rings. The summed E-state index contributed by atoms with van der Waals surface area (Å²) in [5.41, 5.74) is 0.702. The maximum atomic E-state index is 12.2. The summed E-state index contributed by atoms with van der Waals surface area (Å²) < 4.78 is 11.3. The summed E-state index contributed by atoms with van der Waals surface area (Å²) in [6.45, 7) is 0. The second kappa shape index (κ2) is 5.24. The number of carbonyl (C=O) groups is 1. The van der Waals surface area contributed by atoms with Gasteiger partial charge >= 0.3 is 0 Å². The zero-order chi connectivity index (χ0) is 13.2. The number of ether oxygens (including phenoxy) is 2. The zero-order valence-electron chi connectivity index (χ0n) is 11.4. The van der Waals surface area contributed by atoms with Crippen molar-refractivity contribution in [1.82, 2.24) is 0 Å². The third kappa shape index (κ3) is 2.46. The van der Waals surface area contributed by atoms with E-state index in [1.165, 1.54) is 32.1 Å². The SMILES string of the molecule is COc1ccc2c(c1)OC(C1CCCCC1)CC2=O. The van der Waals surface area contributed by atoms with Gasteiger partial charge in [-0.05, 0) is 30.9 Å². The fourth-order valence-corrected chi connectivity index (χ4v) is 3.22. The van der Waals surface area contributed by atoms with Gasteiger partial charge in [0.05, 0.1) is 12.7 Å². The summed E-state index contributed by atoms with van der Waals surface area (Å²) in [6.07, 6.45) is 6.83. The normalized spacial score (nSPS) is 23.6. The molecular formula is C16H20O3. The lowest BCUT2D eigenvalue weighted by molar-refractivity contribution is 0.0654. The van der Waals surface area contributed by atoms with Crippen molar-refractivity contribution < 1.29 is 14.3 Å². The Morgan fingerprint density at radius 2 is 2.00 bits per heavy atom. The standard InChI is InChI=1S/C16H20O3/c1-18-12-7-8-13-14(17)10-15(19-16(13)9-12)11-5-3-2-4-6-11/h7-9,11,15H,2-6,10H2,1H3. The molecule has 3 nitrogen and oxygen atoms in total. The molecule has 0 N–H and O–H groups in total. The highest BCUT2D eigenvalue weighted by Crippen LogP contribution is 2.37. The molecule has 19 heavy (non-hydrogen) atoms. The van der Waals surface area contributed by atoms with E-state index in [1.807, 2.05) is 18.2 Å². The van der Waals surface area contributed by atoms with Crippen LogP contribution in [-0.4, -0.2) is 19.0 Å². The van der Waals surface area contributed by atoms with Crippen LogP contribution in [0.25, 0.3) is 0 Å². The number of ketones is 1. The van der Waals surface area contributed by atoms with Crippen LogP contribution < -0.4 is 9.47 Å². The van der Waals surface area contributed by atoms with Crippen molar-refractivity contribution in [3.8, 4) is 11.5 Å². The van der Waals surface area contributed by atoms with Crippen molar-refractivity contribution in [2.75, 3.05) is 7.11 Å². The van der Waals surface area contributed by atoms with Crippen LogP contribution in [0.1, 0.15) is 48.9 Å². The Hall–Kier alpha value is -1.51. The van der Waals surface area contributed by atoms with Gasteiger partial charge in [-0.2, -0.15) is 0 Å². The average molecular weight is 260 g/mol. The highest BCUT2D eigenvalue weighted by molar-refractivity contribution is 6.00. The molecule has 102 valence electrons. The van der Waals surface area contributed by atoms with E-state index < -0.39 is 0 Å². The van der Waals surface area contributed by atoms with E-state index >= 15 is 0 Å². The third-order valence-electron chi connectivity index (χ3n) is 4.33. The second-order valence-electron chi connectivity index (χ2n) is 5.54. The molecule has 1 aliphatic heterocycles. The van der Waals surface area contributed by atoms with E-state index in [-0.39, 0.29) is 11.9 Å². The first-order valence-corrected chi connectivity index (χ1v) is 7.16. The molecule has 0 saturated heterocycles. The fourth-order valence-electron chi connectivity index (χ4n) is 3.22. The minimum absolute atomic E-state index is 0.0624. The van der Waals surface area contributed by atoms with Crippen molar-refractivity contribution in [2.45, 2.75) is 44.6 Å². The predicted octanol–water partition coefficient (Wildman–Crippen LogP) is 3.61. The van der Waals surface area contributed by atoms with Crippen LogP contribution in [0.4, 0.5) is 0 Å². The van der Waals surface area contributed by atoms with Crippen LogP contribution in [0.5, 0.6) is 11.5 Å². The minimum Gasteiger partial charge on any atom is -0.497 e. The lowest BCUT2D eigenvalue weighted by Crippen LogP contribution is -2.34. The van der Waals surface area contributed by atoms with Crippen LogP contribution in [0.3, 0.4) is 0 Å². The minimum atomic E-state index is 0.0624. The average Bonchev–Trinajstić information content (AvgIpc) is 2.47. The van der Waals surface area contributed by atoms with Crippen molar-refractivity contribution in [2.24, 2.45) is 5.92 Å². The molecule has 1 aliphatic carbocycles. The molecular weight excluding hydrogens is 240 g/mol. The Morgan fingerprint density at radius 3 is 2.74 bits per heavy atom. The molecule has 1 unspecified atom stereocenters. The predicted molar refractivity (Wildman–Crippen MR) is 72.9 cm³/mol. The zero-order valence-corrected chi connectivity index (χ0v) is 11.4. The van der Waals surface area contributed by atoms with Gasteiger partial charge in [0.15, 0.2) is 5.78 Å². The molecule has 1 heterocycles.